The molecule has 6 nitrogen and oxygen atoms in total. The van der Waals surface area contributed by atoms with E-state index in [1.54, 1.807) is 12.1 Å². The Labute approximate surface area is 190 Å². The van der Waals surface area contributed by atoms with Gasteiger partial charge in [0.1, 0.15) is 12.1 Å². The third kappa shape index (κ3) is 3.78. The molecule has 170 valence electrons. The normalized spacial score (nSPS) is 26.8. The first-order valence-corrected chi connectivity index (χ1v) is 12.4. The first-order chi connectivity index (χ1) is 15.5. The maximum atomic E-state index is 13.4. The lowest BCUT2D eigenvalue weighted by molar-refractivity contribution is -0.116. The van der Waals surface area contributed by atoms with Crippen LogP contribution in [0.25, 0.3) is 11.8 Å². The van der Waals surface area contributed by atoms with Crippen molar-refractivity contribution >= 4 is 23.3 Å². The number of aldehydes is 1. The summed E-state index contributed by atoms with van der Waals surface area (Å²) in [6.45, 7) is 1.34. The number of ether oxygens (including phenoxy) is 1. The van der Waals surface area contributed by atoms with Crippen LogP contribution in [-0.2, 0) is 26.9 Å². The summed E-state index contributed by atoms with van der Waals surface area (Å²) in [6, 6.07) is 6.36. The van der Waals surface area contributed by atoms with Crippen molar-refractivity contribution in [1.82, 2.24) is 14.1 Å². The Hall–Kier alpha value is -2.16. The number of hydrogen-bond donors (Lipinski definition) is 0. The molecule has 1 saturated carbocycles. The van der Waals surface area contributed by atoms with Crippen molar-refractivity contribution in [1.29, 1.82) is 0 Å². The number of carbonyl (C=O) groups excluding carboxylic acids is 1. The van der Waals surface area contributed by atoms with Crippen molar-refractivity contribution < 1.29 is 18.1 Å². The summed E-state index contributed by atoms with van der Waals surface area (Å²) in [5.74, 6) is -0.284. The van der Waals surface area contributed by atoms with E-state index in [4.69, 9.17) is 4.74 Å². The largest absolute Gasteiger partial charge is 0.381 e. The van der Waals surface area contributed by atoms with Crippen molar-refractivity contribution in [2.45, 2.75) is 49.8 Å². The predicted octanol–water partition coefficient (Wildman–Crippen LogP) is 3.46. The molecular formula is C24H28FN3O3S. The van der Waals surface area contributed by atoms with Crippen LogP contribution in [0.3, 0.4) is 0 Å². The van der Waals surface area contributed by atoms with Crippen LogP contribution in [0.1, 0.15) is 43.4 Å². The van der Waals surface area contributed by atoms with E-state index in [0.29, 0.717) is 26.1 Å². The molecular weight excluding hydrogens is 429 g/mol. The van der Waals surface area contributed by atoms with Gasteiger partial charge in [0.05, 0.1) is 39.2 Å². The molecule has 3 unspecified atom stereocenters. The molecule has 1 aliphatic heterocycles. The predicted molar refractivity (Wildman–Crippen MR) is 121 cm³/mol. The summed E-state index contributed by atoms with van der Waals surface area (Å²) in [5.41, 5.74) is 3.30. The molecule has 0 bridgehead atoms. The third-order valence-corrected chi connectivity index (χ3v) is 9.15. The van der Waals surface area contributed by atoms with Crippen LogP contribution in [0.4, 0.5) is 4.39 Å². The lowest BCUT2D eigenvalue weighted by atomic mass is 9.64. The summed E-state index contributed by atoms with van der Waals surface area (Å²) >= 11 is 0. The van der Waals surface area contributed by atoms with E-state index < -0.39 is 16.4 Å². The van der Waals surface area contributed by atoms with Crippen LogP contribution in [-0.4, -0.2) is 56.1 Å². The summed E-state index contributed by atoms with van der Waals surface area (Å²) < 4.78 is 35.8. The van der Waals surface area contributed by atoms with Gasteiger partial charge in [-0.05, 0) is 74.4 Å². The molecule has 1 aromatic heterocycles. The van der Waals surface area contributed by atoms with Gasteiger partial charge in [0, 0.05) is 26.3 Å². The average molecular weight is 458 g/mol. The third-order valence-electron chi connectivity index (χ3n) is 7.24. The van der Waals surface area contributed by atoms with Gasteiger partial charge in [-0.1, -0.05) is 5.57 Å². The van der Waals surface area contributed by atoms with Crippen molar-refractivity contribution in [3.63, 3.8) is 0 Å². The standard InChI is InChI=1S/C24H28FN3O3S/c1-27(32(30)22-8-10-31-11-9-22)21-5-2-18-12-23-17(13-24(18,14-21)16-29)15-26-28(23)20-6-3-19(25)4-7-20/h3-4,6-7,12,15-16,21-22H,2,5,8-11,13-14H2,1H3. The van der Waals surface area contributed by atoms with Gasteiger partial charge in [-0.15, -0.1) is 0 Å². The number of nitrogens with zero attached hydrogens (tertiary/aromatic N) is 3. The van der Waals surface area contributed by atoms with Gasteiger partial charge in [-0.2, -0.15) is 5.10 Å². The van der Waals surface area contributed by atoms with Gasteiger partial charge in [0.15, 0.2) is 0 Å². The van der Waals surface area contributed by atoms with Gasteiger partial charge in [0.25, 0.3) is 0 Å². The topological polar surface area (TPSA) is 64.4 Å². The second kappa shape index (κ2) is 8.65. The number of halogens is 1. The molecule has 2 fully saturated rings. The molecule has 0 radical (unpaired) electrons. The second-order valence-corrected chi connectivity index (χ2v) is 10.9. The number of allylic oxidation sites excluding steroid dienone is 1. The zero-order valence-corrected chi connectivity index (χ0v) is 19.0. The SMILES string of the molecule is CN(C1CCC2=Cc3c(cnn3-c3ccc(F)cc3)CC2(C=O)C1)S(=O)C1CCOCC1. The maximum absolute atomic E-state index is 13.4. The van der Waals surface area contributed by atoms with Crippen LogP contribution in [0, 0.1) is 11.2 Å². The molecule has 2 aliphatic carbocycles. The highest BCUT2D eigenvalue weighted by Crippen LogP contribution is 2.48. The zero-order valence-electron chi connectivity index (χ0n) is 18.2. The number of aromatic nitrogens is 2. The van der Waals surface area contributed by atoms with E-state index in [-0.39, 0.29) is 17.1 Å². The highest BCUT2D eigenvalue weighted by molar-refractivity contribution is 7.83. The lowest BCUT2D eigenvalue weighted by Gasteiger charge is -2.44. The van der Waals surface area contributed by atoms with E-state index in [0.717, 1.165) is 54.5 Å². The molecule has 32 heavy (non-hydrogen) atoms. The number of benzene rings is 1. The monoisotopic (exact) mass is 457 g/mol. The molecule has 0 spiro atoms. The molecule has 3 atom stereocenters. The fraction of sp³-hybridized carbons (Fsp3) is 0.500. The zero-order chi connectivity index (χ0) is 22.3. The quantitative estimate of drug-likeness (QED) is 0.645. The number of rotatable bonds is 5. The number of hydrogen-bond acceptors (Lipinski definition) is 4. The van der Waals surface area contributed by atoms with Crippen molar-refractivity contribution in [3.05, 3.63) is 53.1 Å². The second-order valence-electron chi connectivity index (χ2n) is 9.09. The van der Waals surface area contributed by atoms with E-state index in [2.05, 4.69) is 11.2 Å². The van der Waals surface area contributed by atoms with Crippen LogP contribution < -0.4 is 0 Å². The molecule has 0 N–H and O–H groups in total. The van der Waals surface area contributed by atoms with Gasteiger partial charge >= 0.3 is 0 Å². The van der Waals surface area contributed by atoms with E-state index in [1.807, 2.05) is 22.2 Å². The van der Waals surface area contributed by atoms with Crippen LogP contribution >= 0.6 is 0 Å². The molecule has 0 amide bonds. The summed E-state index contributed by atoms with van der Waals surface area (Å²) in [7, 11) is 0.857. The highest BCUT2D eigenvalue weighted by Gasteiger charge is 2.45. The Kier molecular flexibility index (Phi) is 5.86. The molecule has 1 aromatic carbocycles. The summed E-state index contributed by atoms with van der Waals surface area (Å²) in [5, 5.41) is 4.66. The minimum absolute atomic E-state index is 0.0923. The number of carbonyl (C=O) groups is 1. The fourth-order valence-electron chi connectivity index (χ4n) is 5.34. The fourth-order valence-corrected chi connectivity index (χ4v) is 6.88. The Morgan fingerprint density at radius 1 is 1.25 bits per heavy atom. The van der Waals surface area contributed by atoms with Gasteiger partial charge in [-0.25, -0.2) is 17.6 Å². The maximum Gasteiger partial charge on any atom is 0.130 e. The molecule has 8 heteroatoms. The van der Waals surface area contributed by atoms with Gasteiger partial charge in [-0.3, -0.25) is 0 Å². The Bertz CT molecular complexity index is 1060. The van der Waals surface area contributed by atoms with Crippen molar-refractivity contribution in [3.8, 4) is 5.69 Å². The first kappa shape index (κ1) is 21.7. The molecule has 3 aliphatic rings. The van der Waals surface area contributed by atoms with E-state index >= 15 is 0 Å². The highest BCUT2D eigenvalue weighted by atomic mass is 32.2. The Morgan fingerprint density at radius 3 is 2.72 bits per heavy atom. The Morgan fingerprint density at radius 2 is 2.00 bits per heavy atom. The molecule has 2 heterocycles. The van der Waals surface area contributed by atoms with Crippen LogP contribution in [0.15, 0.2) is 36.0 Å². The Balaban J connectivity index is 1.39. The minimum Gasteiger partial charge on any atom is -0.381 e. The average Bonchev–Trinajstić information content (AvgIpc) is 3.24. The molecule has 2 aromatic rings. The lowest BCUT2D eigenvalue weighted by Crippen LogP contribution is -2.47. The van der Waals surface area contributed by atoms with E-state index in [1.165, 1.54) is 12.1 Å². The smallest absolute Gasteiger partial charge is 0.130 e. The van der Waals surface area contributed by atoms with Crippen LogP contribution in [0.5, 0.6) is 0 Å². The number of fused-ring (bicyclic) bond motifs is 2. The van der Waals surface area contributed by atoms with Crippen LogP contribution in [0.2, 0.25) is 0 Å². The van der Waals surface area contributed by atoms with E-state index in [9.17, 15) is 13.4 Å². The first-order valence-electron chi connectivity index (χ1n) is 11.2. The summed E-state index contributed by atoms with van der Waals surface area (Å²) in [4.78, 5) is 12.5. The van der Waals surface area contributed by atoms with Crippen molar-refractivity contribution in [2.75, 3.05) is 20.3 Å². The minimum atomic E-state index is -1.08. The molecule has 5 rings (SSSR count). The van der Waals surface area contributed by atoms with Crippen molar-refractivity contribution in [2.24, 2.45) is 5.41 Å². The molecule has 1 saturated heterocycles. The summed E-state index contributed by atoms with van der Waals surface area (Å²) in [6.07, 6.45) is 9.54. The van der Waals surface area contributed by atoms with Gasteiger partial charge < -0.3 is 9.53 Å². The van der Waals surface area contributed by atoms with Gasteiger partial charge in [0.2, 0.25) is 0 Å².